The first-order valence-corrected chi connectivity index (χ1v) is 9.66. The second-order valence-electron chi connectivity index (χ2n) is 7.55. The lowest BCUT2D eigenvalue weighted by Gasteiger charge is -2.22. The van der Waals surface area contributed by atoms with Crippen molar-refractivity contribution in [2.24, 2.45) is 0 Å². The zero-order valence-corrected chi connectivity index (χ0v) is 17.9. The van der Waals surface area contributed by atoms with Gasteiger partial charge in [0.1, 0.15) is 23.1 Å². The van der Waals surface area contributed by atoms with Crippen LogP contribution >= 0.6 is 0 Å². The number of carbonyl (C=O) groups excluding carboxylic acids is 6. The fraction of sp³-hybridized carbons (Fsp3) is 0.700. The van der Waals surface area contributed by atoms with Gasteiger partial charge in [0.25, 0.3) is 0 Å². The Morgan fingerprint density at radius 1 is 0.517 bits per heavy atom. The van der Waals surface area contributed by atoms with E-state index in [-0.39, 0.29) is 73.6 Å². The summed E-state index contributed by atoms with van der Waals surface area (Å²) < 4.78 is 0. The Balaban J connectivity index is 4.95. The molecule has 0 saturated heterocycles. The predicted molar refractivity (Wildman–Crippen MR) is 107 cm³/mol. The molecular formula is C20H33N3O6. The smallest absolute Gasteiger partial charge is 0.222 e. The van der Waals surface area contributed by atoms with E-state index in [0.717, 1.165) is 0 Å². The van der Waals surface area contributed by atoms with Crippen LogP contribution in [0.5, 0.6) is 0 Å². The van der Waals surface area contributed by atoms with Gasteiger partial charge in [-0.05, 0) is 34.7 Å². The van der Waals surface area contributed by atoms with Gasteiger partial charge in [0.2, 0.25) is 11.8 Å². The molecule has 0 aliphatic carbocycles. The number of amides is 2. The minimum Gasteiger partial charge on any atom is -0.352 e. The van der Waals surface area contributed by atoms with Crippen molar-refractivity contribution in [3.63, 3.8) is 0 Å². The molecule has 2 unspecified atom stereocenters. The summed E-state index contributed by atoms with van der Waals surface area (Å²) in [5, 5.41) is 8.19. The van der Waals surface area contributed by atoms with Crippen LogP contribution in [0.25, 0.3) is 0 Å². The third-order valence-corrected chi connectivity index (χ3v) is 4.14. The highest BCUT2D eigenvalue weighted by atomic mass is 16.2. The maximum Gasteiger partial charge on any atom is 0.222 e. The molecule has 3 N–H and O–H groups in total. The average Bonchev–Trinajstić information content (AvgIpc) is 2.51. The van der Waals surface area contributed by atoms with E-state index in [9.17, 15) is 28.8 Å². The van der Waals surface area contributed by atoms with Gasteiger partial charge in [-0.1, -0.05) is 0 Å². The van der Waals surface area contributed by atoms with Crippen LogP contribution in [0.3, 0.4) is 0 Å². The van der Waals surface area contributed by atoms with E-state index in [1.54, 1.807) is 7.05 Å². The molecule has 0 radical (unpaired) electrons. The molecule has 0 aromatic carbocycles. The first kappa shape index (κ1) is 26.6. The maximum atomic E-state index is 12.4. The molecule has 9 heteroatoms. The Kier molecular flexibility index (Phi) is 12.6. The molecule has 0 spiro atoms. The monoisotopic (exact) mass is 411 g/mol. The minimum atomic E-state index is -0.717. The third-order valence-electron chi connectivity index (χ3n) is 4.14. The molecule has 0 aliphatic rings. The molecule has 2 amide bonds. The van der Waals surface area contributed by atoms with Crippen LogP contribution in [0.2, 0.25) is 0 Å². The average molecular weight is 411 g/mol. The van der Waals surface area contributed by atoms with Crippen molar-refractivity contribution in [1.82, 2.24) is 16.0 Å². The lowest BCUT2D eigenvalue weighted by Crippen LogP contribution is -2.45. The number of nitrogens with one attached hydrogen (secondary N) is 3. The number of Topliss-reactive ketones (excluding diaryl/α,β-unsaturated/α-hetero) is 4. The molecule has 0 rings (SSSR count). The molecule has 0 aliphatic heterocycles. The van der Waals surface area contributed by atoms with Crippen LogP contribution in [0.1, 0.15) is 66.2 Å². The summed E-state index contributed by atoms with van der Waals surface area (Å²) in [7, 11) is 1.64. The van der Waals surface area contributed by atoms with Crippen molar-refractivity contribution in [3.05, 3.63) is 0 Å². The predicted octanol–water partition coefficient (Wildman–Crippen LogP) is 0.241. The first-order valence-electron chi connectivity index (χ1n) is 9.66. The Morgan fingerprint density at radius 2 is 0.793 bits per heavy atom. The van der Waals surface area contributed by atoms with Crippen molar-refractivity contribution in [2.45, 2.75) is 84.3 Å². The van der Waals surface area contributed by atoms with Crippen LogP contribution in [-0.2, 0) is 28.8 Å². The van der Waals surface area contributed by atoms with E-state index in [4.69, 9.17) is 0 Å². The van der Waals surface area contributed by atoms with Crippen LogP contribution in [0.15, 0.2) is 0 Å². The van der Waals surface area contributed by atoms with Gasteiger partial charge in [-0.15, -0.1) is 0 Å². The fourth-order valence-electron chi connectivity index (χ4n) is 3.03. The summed E-state index contributed by atoms with van der Waals surface area (Å²) in [4.78, 5) is 70.1. The third kappa shape index (κ3) is 14.3. The summed E-state index contributed by atoms with van der Waals surface area (Å²) in [5.41, 5.74) is 0. The van der Waals surface area contributed by atoms with Crippen LogP contribution in [0.4, 0.5) is 0 Å². The Hall–Kier alpha value is -2.42. The normalized spacial score (nSPS) is 12.8. The van der Waals surface area contributed by atoms with E-state index < -0.39 is 18.0 Å². The quantitative estimate of drug-likeness (QED) is 0.351. The SMILES string of the molecule is CNC(CC(C)=O)CC(=O)NC(CC(C)=O)CC(=O)NC(CC(C)=O)CC(C)=O. The minimum absolute atomic E-state index is 0.0276. The second-order valence-corrected chi connectivity index (χ2v) is 7.55. The lowest BCUT2D eigenvalue weighted by atomic mass is 10.0. The number of hydrogen-bond donors (Lipinski definition) is 3. The molecule has 29 heavy (non-hydrogen) atoms. The molecule has 0 fully saturated rings. The number of rotatable bonds is 15. The van der Waals surface area contributed by atoms with E-state index in [0.29, 0.717) is 0 Å². The van der Waals surface area contributed by atoms with Gasteiger partial charge in [-0.3, -0.25) is 28.8 Å². The van der Waals surface area contributed by atoms with E-state index in [1.807, 2.05) is 0 Å². The number of ketones is 4. The van der Waals surface area contributed by atoms with Crippen molar-refractivity contribution >= 4 is 34.9 Å². The van der Waals surface area contributed by atoms with Crippen molar-refractivity contribution < 1.29 is 28.8 Å². The molecule has 9 nitrogen and oxygen atoms in total. The summed E-state index contributed by atoms with van der Waals surface area (Å²) in [6, 6.07) is -1.67. The molecule has 0 heterocycles. The van der Waals surface area contributed by atoms with Crippen molar-refractivity contribution in [3.8, 4) is 0 Å². The maximum absolute atomic E-state index is 12.4. The van der Waals surface area contributed by atoms with E-state index >= 15 is 0 Å². The highest BCUT2D eigenvalue weighted by Gasteiger charge is 2.23. The molecular weight excluding hydrogens is 378 g/mol. The zero-order chi connectivity index (χ0) is 22.6. The summed E-state index contributed by atoms with van der Waals surface area (Å²) in [6.45, 7) is 5.54. The largest absolute Gasteiger partial charge is 0.352 e. The van der Waals surface area contributed by atoms with Gasteiger partial charge in [-0.25, -0.2) is 0 Å². The highest BCUT2D eigenvalue weighted by Crippen LogP contribution is 2.06. The summed E-state index contributed by atoms with van der Waals surface area (Å²) >= 11 is 0. The topological polar surface area (TPSA) is 139 Å². The Morgan fingerprint density at radius 3 is 1.10 bits per heavy atom. The zero-order valence-electron chi connectivity index (χ0n) is 17.9. The van der Waals surface area contributed by atoms with Crippen LogP contribution < -0.4 is 16.0 Å². The Labute approximate surface area is 171 Å². The lowest BCUT2D eigenvalue weighted by molar-refractivity contribution is -0.124. The van der Waals surface area contributed by atoms with E-state index in [2.05, 4.69) is 16.0 Å². The molecule has 0 aromatic rings. The second kappa shape index (κ2) is 13.7. The van der Waals surface area contributed by atoms with E-state index in [1.165, 1.54) is 27.7 Å². The molecule has 2 atom stereocenters. The van der Waals surface area contributed by atoms with Gasteiger partial charge in [0.15, 0.2) is 0 Å². The summed E-state index contributed by atoms with van der Waals surface area (Å²) in [6.07, 6.45) is 0.103. The first-order chi connectivity index (χ1) is 13.4. The van der Waals surface area contributed by atoms with Crippen LogP contribution in [-0.4, -0.2) is 60.1 Å². The number of carbonyl (C=O) groups is 6. The van der Waals surface area contributed by atoms with Crippen molar-refractivity contribution in [1.29, 1.82) is 0 Å². The molecule has 0 aromatic heterocycles. The van der Waals surface area contributed by atoms with Crippen LogP contribution in [0, 0.1) is 0 Å². The van der Waals surface area contributed by atoms with Gasteiger partial charge >= 0.3 is 0 Å². The van der Waals surface area contributed by atoms with Gasteiger partial charge in [-0.2, -0.15) is 0 Å². The van der Waals surface area contributed by atoms with Gasteiger partial charge in [0, 0.05) is 56.7 Å². The Bertz CT molecular complexity index is 616. The van der Waals surface area contributed by atoms with Crippen molar-refractivity contribution in [2.75, 3.05) is 7.05 Å². The van der Waals surface area contributed by atoms with Gasteiger partial charge in [0.05, 0.1) is 0 Å². The van der Waals surface area contributed by atoms with Gasteiger partial charge < -0.3 is 16.0 Å². The molecule has 0 saturated carbocycles. The number of hydrogen-bond acceptors (Lipinski definition) is 7. The standard InChI is InChI=1S/C20H33N3O6/c1-12(24)6-16(21-5)10-19(28)23-18(9-15(4)27)11-20(29)22-17(7-13(2)25)8-14(3)26/h16-18,21H,6-11H2,1-5H3,(H,22,29)(H,23,28). The summed E-state index contributed by atoms with van der Waals surface area (Å²) in [5.74, 6) is -1.41. The molecule has 164 valence electrons. The fourth-order valence-corrected chi connectivity index (χ4v) is 3.03. The molecule has 0 bridgehead atoms. The highest BCUT2D eigenvalue weighted by molar-refractivity contribution is 5.85.